The highest BCUT2D eigenvalue weighted by molar-refractivity contribution is 6.16. The van der Waals surface area contributed by atoms with E-state index in [0.717, 1.165) is 28.4 Å². The monoisotopic (exact) mass is 627 g/mol. The molecule has 3 heteroatoms. The average Bonchev–Trinajstić information content (AvgIpc) is 3.50. The maximum absolute atomic E-state index is 5.36. The lowest BCUT2D eigenvalue weighted by Gasteiger charge is -2.34. The van der Waals surface area contributed by atoms with E-state index in [2.05, 4.69) is 181 Å². The van der Waals surface area contributed by atoms with Crippen LogP contribution >= 0.6 is 0 Å². The Morgan fingerprint density at radius 2 is 0.837 bits per heavy atom. The molecule has 0 bridgehead atoms. The van der Waals surface area contributed by atoms with Gasteiger partial charge in [-0.1, -0.05) is 188 Å². The second kappa shape index (κ2) is 12.0. The SMILES string of the molecule is c1ccc(C2=NC(c3cccc4c3-c3ccccc3C4(c3ccccc3)c3ccccc3)N=C(c3ccc(-c4ccccc4)cc3)N2)cc1. The van der Waals surface area contributed by atoms with E-state index in [9.17, 15) is 0 Å². The standard InChI is InChI=1S/C46H33N3/c1-5-16-32(17-6-1)33-28-30-35(31-29-33)44-47-43(34-18-7-2-8-19-34)48-45(49-44)39-25-15-27-41-42(39)38-24-13-14-26-40(38)46(41,36-20-9-3-10-21-36)37-22-11-4-12-23-37/h1-31,45H,(H,47,48,49). The van der Waals surface area contributed by atoms with Gasteiger partial charge in [0.25, 0.3) is 0 Å². The predicted molar refractivity (Wildman–Crippen MR) is 201 cm³/mol. The Balaban J connectivity index is 1.25. The fourth-order valence-corrected chi connectivity index (χ4v) is 7.67. The Bertz CT molecular complexity index is 2290. The molecule has 1 aliphatic carbocycles. The number of amidine groups is 2. The van der Waals surface area contributed by atoms with Gasteiger partial charge in [0.1, 0.15) is 11.7 Å². The Kier molecular flexibility index (Phi) is 7.09. The van der Waals surface area contributed by atoms with E-state index >= 15 is 0 Å². The molecule has 9 rings (SSSR count). The highest BCUT2D eigenvalue weighted by atomic mass is 15.2. The van der Waals surface area contributed by atoms with E-state index in [1.54, 1.807) is 0 Å². The van der Waals surface area contributed by atoms with Gasteiger partial charge in [0.2, 0.25) is 0 Å². The number of benzene rings is 7. The minimum atomic E-state index is -0.483. The summed E-state index contributed by atoms with van der Waals surface area (Å²) < 4.78 is 0. The summed E-state index contributed by atoms with van der Waals surface area (Å²) in [7, 11) is 0. The van der Waals surface area contributed by atoms with Gasteiger partial charge >= 0.3 is 0 Å². The molecule has 1 heterocycles. The van der Waals surface area contributed by atoms with Crippen LogP contribution in [0, 0.1) is 0 Å². The first-order chi connectivity index (χ1) is 24.3. The second-order valence-electron chi connectivity index (χ2n) is 12.6. The molecule has 49 heavy (non-hydrogen) atoms. The van der Waals surface area contributed by atoms with Gasteiger partial charge in [-0.2, -0.15) is 0 Å². The Morgan fingerprint density at radius 3 is 1.45 bits per heavy atom. The third-order valence-electron chi connectivity index (χ3n) is 9.85. The topological polar surface area (TPSA) is 36.8 Å². The highest BCUT2D eigenvalue weighted by Crippen LogP contribution is 2.57. The van der Waals surface area contributed by atoms with Crippen LogP contribution in [-0.2, 0) is 5.41 Å². The molecule has 0 saturated carbocycles. The van der Waals surface area contributed by atoms with Crippen LogP contribution in [0.25, 0.3) is 22.3 Å². The fraction of sp³-hybridized carbons (Fsp3) is 0.0435. The van der Waals surface area contributed by atoms with Crippen LogP contribution in [0.1, 0.15) is 45.1 Å². The third-order valence-corrected chi connectivity index (χ3v) is 9.85. The summed E-state index contributed by atoms with van der Waals surface area (Å²) in [6.45, 7) is 0. The smallest absolute Gasteiger partial charge is 0.170 e. The Labute approximate surface area is 287 Å². The van der Waals surface area contributed by atoms with Gasteiger partial charge < -0.3 is 5.32 Å². The first-order valence-electron chi connectivity index (χ1n) is 16.8. The molecular weight excluding hydrogens is 595 g/mol. The highest BCUT2D eigenvalue weighted by Gasteiger charge is 2.47. The van der Waals surface area contributed by atoms with Crippen molar-refractivity contribution in [3.8, 4) is 22.3 Å². The van der Waals surface area contributed by atoms with E-state index in [0.29, 0.717) is 0 Å². The first-order valence-corrected chi connectivity index (χ1v) is 16.8. The van der Waals surface area contributed by atoms with Gasteiger partial charge in [-0.25, -0.2) is 9.98 Å². The normalized spacial score (nSPS) is 15.7. The van der Waals surface area contributed by atoms with Crippen molar-refractivity contribution in [1.82, 2.24) is 5.32 Å². The van der Waals surface area contributed by atoms with Gasteiger partial charge in [0.15, 0.2) is 6.17 Å². The summed E-state index contributed by atoms with van der Waals surface area (Å²) in [5, 5.41) is 3.60. The Hall–Kier alpha value is -6.32. The first kappa shape index (κ1) is 28.9. The number of fused-ring (bicyclic) bond motifs is 3. The van der Waals surface area contributed by atoms with Gasteiger partial charge in [0, 0.05) is 16.7 Å². The summed E-state index contributed by atoms with van der Waals surface area (Å²) in [6, 6.07) is 66.9. The number of hydrogen-bond acceptors (Lipinski definition) is 3. The third kappa shape index (κ3) is 4.82. The van der Waals surface area contributed by atoms with Gasteiger partial charge in [-0.15, -0.1) is 0 Å². The van der Waals surface area contributed by atoms with Crippen molar-refractivity contribution in [3.05, 3.63) is 227 Å². The molecule has 0 aromatic heterocycles. The largest absolute Gasteiger partial charge is 0.324 e. The van der Waals surface area contributed by atoms with Crippen molar-refractivity contribution in [2.45, 2.75) is 11.6 Å². The molecule has 0 spiro atoms. The summed E-state index contributed by atoms with van der Waals surface area (Å²) in [5.41, 5.74) is 12.4. The molecule has 0 amide bonds. The summed E-state index contributed by atoms with van der Waals surface area (Å²) >= 11 is 0. The minimum absolute atomic E-state index is 0.453. The van der Waals surface area contributed by atoms with Crippen molar-refractivity contribution >= 4 is 11.7 Å². The number of nitrogens with zero attached hydrogens (tertiary/aromatic N) is 2. The van der Waals surface area contributed by atoms with Gasteiger partial charge in [-0.3, -0.25) is 0 Å². The fourth-order valence-electron chi connectivity index (χ4n) is 7.67. The van der Waals surface area contributed by atoms with Crippen molar-refractivity contribution in [2.75, 3.05) is 0 Å². The summed E-state index contributed by atoms with van der Waals surface area (Å²) in [4.78, 5) is 10.7. The average molecular weight is 628 g/mol. The molecule has 7 aromatic rings. The lowest BCUT2D eigenvalue weighted by atomic mass is 9.67. The van der Waals surface area contributed by atoms with Gasteiger partial charge in [0.05, 0.1) is 5.41 Å². The zero-order valence-electron chi connectivity index (χ0n) is 26.9. The van der Waals surface area contributed by atoms with Crippen molar-refractivity contribution in [3.63, 3.8) is 0 Å². The van der Waals surface area contributed by atoms with Gasteiger partial charge in [-0.05, 0) is 44.5 Å². The van der Waals surface area contributed by atoms with Crippen LogP contribution in [0.3, 0.4) is 0 Å². The van der Waals surface area contributed by atoms with Crippen LogP contribution in [0.4, 0.5) is 0 Å². The molecule has 0 fully saturated rings. The zero-order valence-corrected chi connectivity index (χ0v) is 26.9. The molecule has 0 saturated heterocycles. The summed E-state index contributed by atoms with van der Waals surface area (Å²) in [6.07, 6.45) is -0.453. The lowest BCUT2D eigenvalue weighted by molar-refractivity contribution is 0.746. The molecule has 1 N–H and O–H groups in total. The summed E-state index contributed by atoms with van der Waals surface area (Å²) in [5.74, 6) is 1.61. The molecule has 3 nitrogen and oxygen atoms in total. The number of rotatable bonds is 6. The number of nitrogens with one attached hydrogen (secondary N) is 1. The lowest BCUT2D eigenvalue weighted by Crippen LogP contribution is -2.36. The van der Waals surface area contributed by atoms with Crippen LogP contribution in [0.15, 0.2) is 198 Å². The predicted octanol–water partition coefficient (Wildman–Crippen LogP) is 10.2. The number of hydrogen-bond donors (Lipinski definition) is 1. The quantitative estimate of drug-likeness (QED) is 0.196. The maximum atomic E-state index is 5.36. The molecule has 2 aliphatic rings. The van der Waals surface area contributed by atoms with Crippen LogP contribution in [0.2, 0.25) is 0 Å². The molecule has 1 unspecified atom stereocenters. The molecule has 7 aromatic carbocycles. The van der Waals surface area contributed by atoms with Crippen molar-refractivity contribution in [1.29, 1.82) is 0 Å². The molecule has 1 aliphatic heterocycles. The van der Waals surface area contributed by atoms with E-state index in [1.807, 2.05) is 12.1 Å². The number of aliphatic imine (C=N–C) groups is 2. The minimum Gasteiger partial charge on any atom is -0.324 e. The second-order valence-corrected chi connectivity index (χ2v) is 12.6. The van der Waals surface area contributed by atoms with Crippen LogP contribution in [-0.4, -0.2) is 11.7 Å². The van der Waals surface area contributed by atoms with Crippen molar-refractivity contribution in [2.24, 2.45) is 9.98 Å². The van der Waals surface area contributed by atoms with Crippen molar-refractivity contribution < 1.29 is 0 Å². The zero-order chi connectivity index (χ0) is 32.6. The van der Waals surface area contributed by atoms with E-state index < -0.39 is 11.6 Å². The van der Waals surface area contributed by atoms with Crippen LogP contribution in [0.5, 0.6) is 0 Å². The Morgan fingerprint density at radius 1 is 0.388 bits per heavy atom. The molecular formula is C46H33N3. The molecule has 232 valence electrons. The van der Waals surface area contributed by atoms with E-state index in [-0.39, 0.29) is 0 Å². The maximum Gasteiger partial charge on any atom is 0.170 e. The van der Waals surface area contributed by atoms with E-state index in [4.69, 9.17) is 9.98 Å². The molecule has 1 atom stereocenters. The van der Waals surface area contributed by atoms with E-state index in [1.165, 1.54) is 44.5 Å². The molecule has 0 radical (unpaired) electrons. The van der Waals surface area contributed by atoms with Crippen LogP contribution < -0.4 is 5.32 Å².